The van der Waals surface area contributed by atoms with Crippen molar-refractivity contribution in [2.75, 3.05) is 25.5 Å². The lowest BCUT2D eigenvalue weighted by Crippen LogP contribution is -2.39. The first-order valence-electron chi connectivity index (χ1n) is 6.24. The molecule has 3 nitrogen and oxygen atoms in total. The molecule has 1 unspecified atom stereocenters. The van der Waals surface area contributed by atoms with E-state index in [0.717, 1.165) is 25.9 Å². The summed E-state index contributed by atoms with van der Waals surface area (Å²) in [5, 5.41) is 3.14. The predicted octanol–water partition coefficient (Wildman–Crippen LogP) is 3.09. The Bertz CT molecular complexity index is 423. The van der Waals surface area contributed by atoms with Gasteiger partial charge < -0.3 is 15.0 Å². The maximum Gasteiger partial charge on any atom is 0.573 e. The highest BCUT2D eigenvalue weighted by atomic mass is 19.4. The van der Waals surface area contributed by atoms with Crippen molar-refractivity contribution < 1.29 is 17.9 Å². The number of rotatable bonds is 3. The molecule has 106 valence electrons. The average molecular weight is 274 g/mol. The number of benzene rings is 1. The van der Waals surface area contributed by atoms with Gasteiger partial charge in [0.25, 0.3) is 0 Å². The Morgan fingerprint density at radius 2 is 2.05 bits per heavy atom. The number of ether oxygens (including phenoxy) is 1. The number of hydrogen-bond acceptors (Lipinski definition) is 3. The minimum atomic E-state index is -4.67. The number of anilines is 1. The highest BCUT2D eigenvalue weighted by molar-refractivity contribution is 5.56. The largest absolute Gasteiger partial charge is 0.573 e. The zero-order valence-electron chi connectivity index (χ0n) is 10.7. The molecule has 19 heavy (non-hydrogen) atoms. The number of likely N-dealkylation sites (tertiary alicyclic amines) is 1. The second kappa shape index (κ2) is 5.69. The molecule has 0 amide bonds. The third kappa shape index (κ3) is 4.31. The Kier molecular flexibility index (Phi) is 4.19. The third-order valence-corrected chi connectivity index (χ3v) is 3.10. The number of para-hydroxylation sites is 2. The zero-order chi connectivity index (χ0) is 13.9. The van der Waals surface area contributed by atoms with Gasteiger partial charge in [0, 0.05) is 12.6 Å². The van der Waals surface area contributed by atoms with Crippen molar-refractivity contribution >= 4 is 5.69 Å². The van der Waals surface area contributed by atoms with E-state index in [1.54, 1.807) is 12.1 Å². The quantitative estimate of drug-likeness (QED) is 0.916. The van der Waals surface area contributed by atoms with E-state index in [2.05, 4.69) is 15.0 Å². The van der Waals surface area contributed by atoms with Crippen LogP contribution in [0.1, 0.15) is 12.8 Å². The van der Waals surface area contributed by atoms with Gasteiger partial charge in [-0.3, -0.25) is 0 Å². The molecular formula is C13H17F3N2O. The van der Waals surface area contributed by atoms with Crippen LogP contribution in [0, 0.1) is 0 Å². The number of hydrogen-bond donors (Lipinski definition) is 1. The molecule has 2 rings (SSSR count). The lowest BCUT2D eigenvalue weighted by molar-refractivity contribution is -0.274. The second-order valence-electron chi connectivity index (χ2n) is 4.79. The van der Waals surface area contributed by atoms with Crippen LogP contribution in [0.25, 0.3) is 0 Å². The SMILES string of the molecule is CN1CCCC(Nc2ccccc2OC(F)(F)F)C1. The third-order valence-electron chi connectivity index (χ3n) is 3.10. The molecule has 1 aromatic rings. The van der Waals surface area contributed by atoms with E-state index in [9.17, 15) is 13.2 Å². The molecule has 6 heteroatoms. The smallest absolute Gasteiger partial charge is 0.404 e. The number of halogens is 3. The second-order valence-corrected chi connectivity index (χ2v) is 4.79. The molecule has 1 N–H and O–H groups in total. The van der Waals surface area contributed by atoms with Gasteiger partial charge in [0.05, 0.1) is 5.69 Å². The summed E-state index contributed by atoms with van der Waals surface area (Å²) in [4.78, 5) is 2.16. The van der Waals surface area contributed by atoms with Crippen molar-refractivity contribution in [3.05, 3.63) is 24.3 Å². The van der Waals surface area contributed by atoms with Gasteiger partial charge in [-0.2, -0.15) is 0 Å². The summed E-state index contributed by atoms with van der Waals surface area (Å²) in [5.74, 6) is -0.178. The summed E-state index contributed by atoms with van der Waals surface area (Å²) in [6, 6.07) is 6.30. The van der Waals surface area contributed by atoms with E-state index < -0.39 is 6.36 Å². The van der Waals surface area contributed by atoms with E-state index in [0.29, 0.717) is 5.69 Å². The van der Waals surface area contributed by atoms with Crippen LogP contribution >= 0.6 is 0 Å². The number of piperidine rings is 1. The maximum absolute atomic E-state index is 12.3. The van der Waals surface area contributed by atoms with E-state index in [1.807, 2.05) is 7.05 Å². The monoisotopic (exact) mass is 274 g/mol. The van der Waals surface area contributed by atoms with Gasteiger partial charge in [0.15, 0.2) is 5.75 Å². The van der Waals surface area contributed by atoms with Crippen molar-refractivity contribution in [2.24, 2.45) is 0 Å². The molecule has 1 saturated heterocycles. The fourth-order valence-corrected chi connectivity index (χ4v) is 2.30. The van der Waals surface area contributed by atoms with E-state index in [4.69, 9.17) is 0 Å². The van der Waals surface area contributed by atoms with Crippen molar-refractivity contribution in [2.45, 2.75) is 25.2 Å². The summed E-state index contributed by atoms with van der Waals surface area (Å²) in [6.07, 6.45) is -2.68. The average Bonchev–Trinajstić information content (AvgIpc) is 2.30. The van der Waals surface area contributed by atoms with E-state index in [1.165, 1.54) is 12.1 Å². The molecule has 1 atom stereocenters. The molecule has 0 radical (unpaired) electrons. The minimum Gasteiger partial charge on any atom is -0.404 e. The van der Waals surface area contributed by atoms with Gasteiger partial charge in [-0.15, -0.1) is 13.2 Å². The van der Waals surface area contributed by atoms with Crippen molar-refractivity contribution in [1.29, 1.82) is 0 Å². The summed E-state index contributed by atoms with van der Waals surface area (Å²) in [5.41, 5.74) is 0.389. The van der Waals surface area contributed by atoms with Crippen molar-refractivity contribution in [3.8, 4) is 5.75 Å². The van der Waals surface area contributed by atoms with Gasteiger partial charge in [0.1, 0.15) is 0 Å². The molecule has 1 aliphatic rings. The topological polar surface area (TPSA) is 24.5 Å². The van der Waals surface area contributed by atoms with Gasteiger partial charge in [-0.1, -0.05) is 12.1 Å². The van der Waals surface area contributed by atoms with Crippen LogP contribution in [0.5, 0.6) is 5.75 Å². The Morgan fingerprint density at radius 1 is 1.32 bits per heavy atom. The molecule has 1 fully saturated rings. The highest BCUT2D eigenvalue weighted by Crippen LogP contribution is 2.31. The number of alkyl halides is 3. The van der Waals surface area contributed by atoms with Crippen molar-refractivity contribution in [1.82, 2.24) is 4.90 Å². The van der Waals surface area contributed by atoms with Crippen LogP contribution in [-0.4, -0.2) is 37.4 Å². The Labute approximate surface area is 110 Å². The number of likely N-dealkylation sites (N-methyl/N-ethyl adjacent to an activating group) is 1. The Morgan fingerprint density at radius 3 is 2.74 bits per heavy atom. The molecule has 0 aromatic heterocycles. The van der Waals surface area contributed by atoms with Gasteiger partial charge in [0.2, 0.25) is 0 Å². The Balaban J connectivity index is 2.07. The van der Waals surface area contributed by atoms with Gasteiger partial charge in [-0.05, 0) is 38.6 Å². The van der Waals surface area contributed by atoms with Crippen LogP contribution in [0.15, 0.2) is 24.3 Å². The van der Waals surface area contributed by atoms with E-state index >= 15 is 0 Å². The van der Waals surface area contributed by atoms with Crippen LogP contribution in [0.4, 0.5) is 18.9 Å². The van der Waals surface area contributed by atoms with Gasteiger partial charge in [-0.25, -0.2) is 0 Å². The fraction of sp³-hybridized carbons (Fsp3) is 0.538. The summed E-state index contributed by atoms with van der Waals surface area (Å²) in [6.45, 7) is 1.85. The number of nitrogens with zero attached hydrogens (tertiary/aromatic N) is 1. The summed E-state index contributed by atoms with van der Waals surface area (Å²) < 4.78 is 40.9. The normalized spacial score (nSPS) is 21.2. The van der Waals surface area contributed by atoms with Gasteiger partial charge >= 0.3 is 6.36 Å². The zero-order valence-corrected chi connectivity index (χ0v) is 10.7. The van der Waals surface area contributed by atoms with Crippen LogP contribution < -0.4 is 10.1 Å². The van der Waals surface area contributed by atoms with E-state index in [-0.39, 0.29) is 11.8 Å². The molecular weight excluding hydrogens is 257 g/mol. The molecule has 1 aromatic carbocycles. The first kappa shape index (κ1) is 14.0. The fourth-order valence-electron chi connectivity index (χ4n) is 2.30. The molecule has 0 bridgehead atoms. The van der Waals surface area contributed by atoms with Crippen LogP contribution in [-0.2, 0) is 0 Å². The first-order valence-corrected chi connectivity index (χ1v) is 6.24. The highest BCUT2D eigenvalue weighted by Gasteiger charge is 2.32. The number of nitrogens with one attached hydrogen (secondary N) is 1. The first-order chi connectivity index (χ1) is 8.94. The van der Waals surface area contributed by atoms with Crippen molar-refractivity contribution in [3.63, 3.8) is 0 Å². The lowest BCUT2D eigenvalue weighted by Gasteiger charge is -2.31. The Hall–Kier alpha value is -1.43. The van der Waals surface area contributed by atoms with Crippen LogP contribution in [0.3, 0.4) is 0 Å². The lowest BCUT2D eigenvalue weighted by atomic mass is 10.1. The van der Waals surface area contributed by atoms with Crippen LogP contribution in [0.2, 0.25) is 0 Å². The molecule has 1 aliphatic heterocycles. The molecule has 0 saturated carbocycles. The predicted molar refractivity (Wildman–Crippen MR) is 67.3 cm³/mol. The minimum absolute atomic E-state index is 0.150. The molecule has 0 spiro atoms. The molecule has 0 aliphatic carbocycles. The summed E-state index contributed by atoms with van der Waals surface area (Å²) >= 11 is 0. The standard InChI is InChI=1S/C13H17F3N2O/c1-18-8-4-5-10(9-18)17-11-6-2-3-7-12(11)19-13(14,15)16/h2-3,6-7,10,17H,4-5,8-9H2,1H3. The maximum atomic E-state index is 12.3. The molecule has 1 heterocycles. The summed E-state index contributed by atoms with van der Waals surface area (Å²) in [7, 11) is 2.01.